The number of allylic oxidation sites excluding steroid dienone is 1. The van der Waals surface area contributed by atoms with Crippen molar-refractivity contribution >= 4 is 5.78 Å². The highest BCUT2D eigenvalue weighted by Gasteiger charge is 2.16. The maximum atomic E-state index is 11.1. The van der Waals surface area contributed by atoms with Crippen LogP contribution in [0, 0.1) is 0 Å². The van der Waals surface area contributed by atoms with Crippen LogP contribution < -0.4 is 4.74 Å². The van der Waals surface area contributed by atoms with Crippen LogP contribution in [-0.4, -0.2) is 18.5 Å². The van der Waals surface area contributed by atoms with Gasteiger partial charge in [0.25, 0.3) is 0 Å². The zero-order valence-corrected chi connectivity index (χ0v) is 8.26. The van der Waals surface area contributed by atoms with E-state index < -0.39 is 0 Å². The predicted octanol–water partition coefficient (Wildman–Crippen LogP) is 1.94. The van der Waals surface area contributed by atoms with Crippen LogP contribution in [0.25, 0.3) is 0 Å². The predicted molar refractivity (Wildman–Crippen MR) is 55.6 cm³/mol. The van der Waals surface area contributed by atoms with E-state index in [1.54, 1.807) is 0 Å². The van der Waals surface area contributed by atoms with Gasteiger partial charge in [-0.2, -0.15) is 0 Å². The van der Waals surface area contributed by atoms with E-state index in [4.69, 9.17) is 9.47 Å². The monoisotopic (exact) mass is 204 g/mol. The molecule has 3 heteroatoms. The van der Waals surface area contributed by atoms with Crippen molar-refractivity contribution in [2.45, 2.75) is 12.5 Å². The first kappa shape index (κ1) is 9.77. The van der Waals surface area contributed by atoms with Crippen molar-refractivity contribution in [1.82, 2.24) is 0 Å². The minimum Gasteiger partial charge on any atom is -0.494 e. The Morgan fingerprint density at radius 2 is 2.13 bits per heavy atom. The van der Waals surface area contributed by atoms with E-state index in [-0.39, 0.29) is 11.9 Å². The largest absolute Gasteiger partial charge is 0.494 e. The fourth-order valence-corrected chi connectivity index (χ4v) is 1.37. The van der Waals surface area contributed by atoms with Crippen molar-refractivity contribution in [2.75, 3.05) is 6.61 Å². The highest BCUT2D eigenvalue weighted by Crippen LogP contribution is 2.12. The standard InChI is InChI=1S/C12H12O3/c13-10-6-7-14-12(8-10)9-15-11-4-2-1-3-5-11/h1-7,12H,8-9H2. The summed E-state index contributed by atoms with van der Waals surface area (Å²) in [6.45, 7) is 0.403. The third-order valence-electron chi connectivity index (χ3n) is 2.13. The molecule has 0 fully saturated rings. The number of ketones is 1. The zero-order valence-electron chi connectivity index (χ0n) is 8.26. The van der Waals surface area contributed by atoms with Gasteiger partial charge in [0.05, 0.1) is 12.7 Å². The summed E-state index contributed by atoms with van der Waals surface area (Å²) in [6.07, 6.45) is 3.11. The van der Waals surface area contributed by atoms with Crippen LogP contribution in [0.4, 0.5) is 0 Å². The fraction of sp³-hybridized carbons (Fsp3) is 0.250. The minimum atomic E-state index is -0.164. The molecular weight excluding hydrogens is 192 g/mol. The topological polar surface area (TPSA) is 35.5 Å². The molecule has 0 radical (unpaired) electrons. The molecule has 1 unspecified atom stereocenters. The quantitative estimate of drug-likeness (QED) is 0.754. The molecule has 0 spiro atoms. The maximum Gasteiger partial charge on any atom is 0.162 e. The molecule has 0 saturated heterocycles. The van der Waals surface area contributed by atoms with E-state index in [0.717, 1.165) is 5.75 Å². The molecule has 0 amide bonds. The van der Waals surface area contributed by atoms with Crippen LogP contribution in [0.5, 0.6) is 5.75 Å². The van der Waals surface area contributed by atoms with Crippen LogP contribution >= 0.6 is 0 Å². The van der Waals surface area contributed by atoms with E-state index in [0.29, 0.717) is 13.0 Å². The lowest BCUT2D eigenvalue weighted by molar-refractivity contribution is -0.118. The molecule has 0 aromatic heterocycles. The van der Waals surface area contributed by atoms with Crippen molar-refractivity contribution in [3.63, 3.8) is 0 Å². The molecule has 78 valence electrons. The summed E-state index contributed by atoms with van der Waals surface area (Å²) in [5.74, 6) is 0.881. The van der Waals surface area contributed by atoms with Crippen LogP contribution in [0.15, 0.2) is 42.7 Å². The van der Waals surface area contributed by atoms with Gasteiger partial charge < -0.3 is 9.47 Å². The number of carbonyl (C=O) groups excluding carboxylic acids is 1. The number of hydrogen-bond donors (Lipinski definition) is 0. The van der Waals surface area contributed by atoms with Gasteiger partial charge in [0, 0.05) is 6.08 Å². The molecule has 1 aromatic carbocycles. The van der Waals surface area contributed by atoms with Gasteiger partial charge in [0.1, 0.15) is 18.5 Å². The van der Waals surface area contributed by atoms with Gasteiger partial charge in [-0.15, -0.1) is 0 Å². The zero-order chi connectivity index (χ0) is 10.5. The molecule has 2 rings (SSSR count). The van der Waals surface area contributed by atoms with Crippen LogP contribution in [0.2, 0.25) is 0 Å². The molecule has 15 heavy (non-hydrogen) atoms. The van der Waals surface area contributed by atoms with E-state index in [2.05, 4.69) is 0 Å². The van der Waals surface area contributed by atoms with Crippen molar-refractivity contribution in [3.8, 4) is 5.75 Å². The molecule has 0 N–H and O–H groups in total. The minimum absolute atomic E-state index is 0.0860. The molecule has 0 saturated carbocycles. The molecule has 1 aromatic rings. The lowest BCUT2D eigenvalue weighted by Crippen LogP contribution is -2.25. The van der Waals surface area contributed by atoms with Crippen molar-refractivity contribution in [3.05, 3.63) is 42.7 Å². The Balaban J connectivity index is 1.84. The lowest BCUT2D eigenvalue weighted by Gasteiger charge is -2.18. The number of carbonyl (C=O) groups is 1. The molecule has 3 nitrogen and oxygen atoms in total. The lowest BCUT2D eigenvalue weighted by atomic mass is 10.1. The van der Waals surface area contributed by atoms with Gasteiger partial charge in [-0.3, -0.25) is 4.79 Å². The van der Waals surface area contributed by atoms with E-state index >= 15 is 0 Å². The first-order valence-electron chi connectivity index (χ1n) is 4.87. The Morgan fingerprint density at radius 3 is 2.87 bits per heavy atom. The summed E-state index contributed by atoms with van der Waals surface area (Å²) in [7, 11) is 0. The Hall–Kier alpha value is -1.77. The molecule has 1 aliphatic heterocycles. The van der Waals surface area contributed by atoms with Crippen molar-refractivity contribution in [1.29, 1.82) is 0 Å². The van der Waals surface area contributed by atoms with E-state index in [1.165, 1.54) is 12.3 Å². The Kier molecular flexibility index (Phi) is 3.02. The molecule has 0 bridgehead atoms. The number of hydrogen-bond acceptors (Lipinski definition) is 3. The first-order valence-corrected chi connectivity index (χ1v) is 4.87. The second-order valence-electron chi connectivity index (χ2n) is 3.36. The third-order valence-corrected chi connectivity index (χ3v) is 2.13. The summed E-state index contributed by atoms with van der Waals surface area (Å²) in [5, 5.41) is 0. The second-order valence-corrected chi connectivity index (χ2v) is 3.36. The van der Waals surface area contributed by atoms with Gasteiger partial charge >= 0.3 is 0 Å². The van der Waals surface area contributed by atoms with Crippen molar-refractivity contribution in [2.24, 2.45) is 0 Å². The molecule has 1 atom stereocenters. The van der Waals surface area contributed by atoms with E-state index in [9.17, 15) is 4.79 Å². The second kappa shape index (κ2) is 4.64. The molecular formula is C12H12O3. The SMILES string of the molecule is O=C1C=COC(COc2ccccc2)C1. The summed E-state index contributed by atoms with van der Waals surface area (Å²) < 4.78 is 10.7. The first-order chi connectivity index (χ1) is 7.34. The van der Waals surface area contributed by atoms with Gasteiger partial charge in [-0.25, -0.2) is 0 Å². The average Bonchev–Trinajstić information content (AvgIpc) is 2.28. The third kappa shape index (κ3) is 2.84. The summed E-state index contributed by atoms with van der Waals surface area (Å²) in [6, 6.07) is 9.49. The molecule has 0 aliphatic carbocycles. The van der Waals surface area contributed by atoms with Gasteiger partial charge in [-0.1, -0.05) is 18.2 Å². The Bertz CT molecular complexity index is 356. The fourth-order valence-electron chi connectivity index (χ4n) is 1.37. The summed E-state index contributed by atoms with van der Waals surface area (Å²) in [4.78, 5) is 11.1. The Labute approximate surface area is 88.3 Å². The van der Waals surface area contributed by atoms with E-state index in [1.807, 2.05) is 30.3 Å². The summed E-state index contributed by atoms with van der Waals surface area (Å²) >= 11 is 0. The number of para-hydroxylation sites is 1. The smallest absolute Gasteiger partial charge is 0.162 e. The maximum absolute atomic E-state index is 11.1. The molecule has 1 aliphatic rings. The van der Waals surface area contributed by atoms with Crippen LogP contribution in [0.3, 0.4) is 0 Å². The number of ether oxygens (including phenoxy) is 2. The average molecular weight is 204 g/mol. The highest BCUT2D eigenvalue weighted by molar-refractivity contribution is 5.90. The van der Waals surface area contributed by atoms with Crippen LogP contribution in [-0.2, 0) is 9.53 Å². The molecule has 1 heterocycles. The normalized spacial score (nSPS) is 19.7. The highest BCUT2D eigenvalue weighted by atomic mass is 16.5. The van der Waals surface area contributed by atoms with Gasteiger partial charge in [0.2, 0.25) is 0 Å². The number of rotatable bonds is 3. The van der Waals surface area contributed by atoms with Gasteiger partial charge in [0.15, 0.2) is 5.78 Å². The Morgan fingerprint density at radius 1 is 1.33 bits per heavy atom. The van der Waals surface area contributed by atoms with Gasteiger partial charge in [-0.05, 0) is 12.1 Å². The summed E-state index contributed by atoms with van der Waals surface area (Å²) in [5.41, 5.74) is 0. The van der Waals surface area contributed by atoms with Crippen molar-refractivity contribution < 1.29 is 14.3 Å². The van der Waals surface area contributed by atoms with Crippen LogP contribution in [0.1, 0.15) is 6.42 Å². The number of benzene rings is 1.